The maximum Gasteiger partial charge on any atom is 0.146 e. The lowest BCUT2D eigenvalue weighted by Crippen LogP contribution is -2.20. The second-order valence-electron chi connectivity index (χ2n) is 3.39. The summed E-state index contributed by atoms with van der Waals surface area (Å²) in [6.45, 7) is 0. The quantitative estimate of drug-likeness (QED) is 0.562. The van der Waals surface area contributed by atoms with E-state index >= 15 is 0 Å². The molecule has 0 aliphatic heterocycles. The molecule has 16 heavy (non-hydrogen) atoms. The largest absolute Gasteiger partial charge is 0.396 e. The molecule has 1 aromatic rings. The number of nitrogens with two attached hydrogens (primary N) is 1. The van der Waals surface area contributed by atoms with Crippen molar-refractivity contribution in [3.8, 4) is 0 Å². The Kier molecular flexibility index (Phi) is 4.46. The lowest BCUT2D eigenvalue weighted by atomic mass is 10.0. The Morgan fingerprint density at radius 1 is 1.25 bits per heavy atom. The minimum absolute atomic E-state index is 0.0775. The molecule has 0 saturated carbocycles. The Labute approximate surface area is 96.5 Å². The zero-order chi connectivity index (χ0) is 12.3. The predicted octanol–water partition coefficient (Wildman–Crippen LogP) is 1.57. The van der Waals surface area contributed by atoms with Gasteiger partial charge in [-0.15, -0.1) is 11.6 Å². The minimum atomic E-state index is -1.52. The van der Waals surface area contributed by atoms with Crippen molar-refractivity contribution in [2.24, 2.45) is 0 Å². The topological polar surface area (TPSA) is 66.5 Å². The first kappa shape index (κ1) is 13.2. The number of halogens is 3. The van der Waals surface area contributed by atoms with E-state index in [0.717, 1.165) is 12.1 Å². The fraction of sp³-hybridized carbons (Fsp3) is 0.400. The number of aliphatic hydroxyl groups excluding tert-OH is 2. The van der Waals surface area contributed by atoms with E-state index < -0.39 is 23.8 Å². The van der Waals surface area contributed by atoms with E-state index in [-0.39, 0.29) is 23.6 Å². The number of nitrogen functional groups attached to an aromatic ring is 1. The summed E-state index contributed by atoms with van der Waals surface area (Å²) in [5, 5.41) is 19.0. The van der Waals surface area contributed by atoms with Crippen LogP contribution in [-0.2, 0) is 0 Å². The van der Waals surface area contributed by atoms with Crippen molar-refractivity contribution < 1.29 is 19.0 Å². The van der Waals surface area contributed by atoms with Crippen molar-refractivity contribution in [1.82, 2.24) is 0 Å². The fourth-order valence-corrected chi connectivity index (χ4v) is 1.50. The molecular formula is C10H12ClF2NO2. The van der Waals surface area contributed by atoms with Gasteiger partial charge < -0.3 is 15.9 Å². The van der Waals surface area contributed by atoms with Crippen LogP contribution in [0, 0.1) is 11.6 Å². The lowest BCUT2D eigenvalue weighted by Gasteiger charge is -2.18. The van der Waals surface area contributed by atoms with Gasteiger partial charge in [-0.25, -0.2) is 8.78 Å². The van der Waals surface area contributed by atoms with Crippen LogP contribution in [0.5, 0.6) is 0 Å². The molecule has 0 radical (unpaired) electrons. The molecule has 0 amide bonds. The molecule has 0 aromatic heterocycles. The molecule has 2 atom stereocenters. The summed E-state index contributed by atoms with van der Waals surface area (Å²) in [6.07, 6.45) is -2.68. The summed E-state index contributed by atoms with van der Waals surface area (Å²) in [4.78, 5) is 0. The molecule has 2 unspecified atom stereocenters. The molecule has 0 heterocycles. The van der Waals surface area contributed by atoms with E-state index in [1.165, 1.54) is 0 Å². The molecular weight excluding hydrogens is 240 g/mol. The second-order valence-corrected chi connectivity index (χ2v) is 3.76. The Bertz CT molecular complexity index is 376. The molecule has 0 aliphatic carbocycles. The smallest absolute Gasteiger partial charge is 0.146 e. The van der Waals surface area contributed by atoms with Gasteiger partial charge in [0.2, 0.25) is 0 Å². The third kappa shape index (κ3) is 2.81. The van der Waals surface area contributed by atoms with E-state index in [4.69, 9.17) is 17.3 Å². The van der Waals surface area contributed by atoms with Crippen molar-refractivity contribution in [1.29, 1.82) is 0 Å². The number of benzene rings is 1. The third-order valence-corrected chi connectivity index (χ3v) is 2.42. The maximum atomic E-state index is 13.3. The van der Waals surface area contributed by atoms with Gasteiger partial charge in [-0.2, -0.15) is 0 Å². The Hall–Kier alpha value is -0.910. The summed E-state index contributed by atoms with van der Waals surface area (Å²) in [7, 11) is 0. The van der Waals surface area contributed by atoms with Crippen LogP contribution < -0.4 is 5.73 Å². The summed E-state index contributed by atoms with van der Waals surface area (Å²) < 4.78 is 26.4. The van der Waals surface area contributed by atoms with Crippen LogP contribution in [0.4, 0.5) is 14.5 Å². The zero-order valence-electron chi connectivity index (χ0n) is 8.33. The number of alkyl halides is 1. The Morgan fingerprint density at radius 2 is 1.88 bits per heavy atom. The summed E-state index contributed by atoms with van der Waals surface area (Å²) in [5.74, 6) is -1.59. The van der Waals surface area contributed by atoms with Gasteiger partial charge >= 0.3 is 0 Å². The molecule has 90 valence electrons. The van der Waals surface area contributed by atoms with Crippen molar-refractivity contribution in [3.63, 3.8) is 0 Å². The first-order valence-corrected chi connectivity index (χ1v) is 5.17. The summed E-state index contributed by atoms with van der Waals surface area (Å²) >= 11 is 5.37. The molecule has 6 heteroatoms. The van der Waals surface area contributed by atoms with Crippen LogP contribution in [0.2, 0.25) is 0 Å². The monoisotopic (exact) mass is 251 g/mol. The predicted molar refractivity (Wildman–Crippen MR) is 57.1 cm³/mol. The highest BCUT2D eigenvalue weighted by Gasteiger charge is 2.22. The van der Waals surface area contributed by atoms with Crippen LogP contribution >= 0.6 is 11.6 Å². The van der Waals surface area contributed by atoms with Crippen LogP contribution in [0.3, 0.4) is 0 Å². The van der Waals surface area contributed by atoms with Crippen LogP contribution in [0.15, 0.2) is 12.1 Å². The molecule has 1 aromatic carbocycles. The van der Waals surface area contributed by atoms with Crippen molar-refractivity contribution in [2.45, 2.75) is 18.6 Å². The average molecular weight is 252 g/mol. The van der Waals surface area contributed by atoms with Crippen LogP contribution in [0.25, 0.3) is 0 Å². The molecule has 3 nitrogen and oxygen atoms in total. The number of anilines is 1. The number of hydrogen-bond acceptors (Lipinski definition) is 3. The normalized spacial score (nSPS) is 14.8. The molecule has 4 N–H and O–H groups in total. The van der Waals surface area contributed by atoms with Gasteiger partial charge in [0.25, 0.3) is 0 Å². The highest BCUT2D eigenvalue weighted by atomic mass is 35.5. The molecule has 1 rings (SSSR count). The van der Waals surface area contributed by atoms with Gasteiger partial charge in [0.05, 0.1) is 11.8 Å². The van der Waals surface area contributed by atoms with E-state index in [2.05, 4.69) is 0 Å². The van der Waals surface area contributed by atoms with Gasteiger partial charge in [0.15, 0.2) is 0 Å². The van der Waals surface area contributed by atoms with E-state index in [1.807, 2.05) is 0 Å². The van der Waals surface area contributed by atoms with Gasteiger partial charge in [-0.05, 0) is 12.5 Å². The first-order chi connectivity index (χ1) is 7.47. The highest BCUT2D eigenvalue weighted by molar-refractivity contribution is 6.17. The van der Waals surface area contributed by atoms with E-state index in [1.54, 1.807) is 0 Å². The zero-order valence-corrected chi connectivity index (χ0v) is 9.09. The van der Waals surface area contributed by atoms with Gasteiger partial charge in [0, 0.05) is 17.5 Å². The van der Waals surface area contributed by atoms with Gasteiger partial charge in [-0.3, -0.25) is 0 Å². The number of rotatable bonds is 4. The van der Waals surface area contributed by atoms with Crippen LogP contribution in [0.1, 0.15) is 18.1 Å². The Balaban J connectivity index is 2.99. The number of hydrogen-bond donors (Lipinski definition) is 3. The second kappa shape index (κ2) is 5.43. The van der Waals surface area contributed by atoms with E-state index in [0.29, 0.717) is 0 Å². The minimum Gasteiger partial charge on any atom is -0.396 e. The molecule has 0 fully saturated rings. The van der Waals surface area contributed by atoms with Crippen molar-refractivity contribution in [3.05, 3.63) is 29.3 Å². The summed E-state index contributed by atoms with van der Waals surface area (Å²) in [6, 6.07) is 1.54. The molecule has 0 bridgehead atoms. The van der Waals surface area contributed by atoms with Gasteiger partial charge in [-0.1, -0.05) is 0 Å². The molecule has 0 spiro atoms. The SMILES string of the molecule is Nc1cc(F)c(C(O)C(O)CCCl)cc1F. The van der Waals surface area contributed by atoms with Crippen molar-refractivity contribution in [2.75, 3.05) is 11.6 Å². The third-order valence-electron chi connectivity index (χ3n) is 2.20. The first-order valence-electron chi connectivity index (χ1n) is 4.64. The lowest BCUT2D eigenvalue weighted by molar-refractivity contribution is 0.0148. The highest BCUT2D eigenvalue weighted by Crippen LogP contribution is 2.25. The molecule has 0 aliphatic rings. The summed E-state index contributed by atoms with van der Waals surface area (Å²) in [5.41, 5.74) is 4.47. The van der Waals surface area contributed by atoms with Gasteiger partial charge in [0.1, 0.15) is 17.7 Å². The van der Waals surface area contributed by atoms with Crippen LogP contribution in [-0.4, -0.2) is 22.2 Å². The average Bonchev–Trinajstić information content (AvgIpc) is 2.23. The fourth-order valence-electron chi connectivity index (χ4n) is 1.28. The molecule has 0 saturated heterocycles. The number of aliphatic hydroxyl groups is 2. The van der Waals surface area contributed by atoms with Crippen molar-refractivity contribution >= 4 is 17.3 Å². The van der Waals surface area contributed by atoms with E-state index in [9.17, 15) is 19.0 Å². The standard InChI is InChI=1S/C10H12ClF2NO2/c11-2-1-9(15)10(16)5-3-7(13)8(14)4-6(5)12/h3-4,9-10,15-16H,1-2,14H2. The maximum absolute atomic E-state index is 13.3. The Morgan fingerprint density at radius 3 is 2.44 bits per heavy atom.